The van der Waals surface area contributed by atoms with Crippen LogP contribution >= 0.6 is 11.3 Å². The van der Waals surface area contributed by atoms with Gasteiger partial charge in [-0.1, -0.05) is 67.6 Å². The van der Waals surface area contributed by atoms with Crippen LogP contribution in [-0.2, 0) is 16.4 Å². The molecular weight excluding hydrogens is 443 g/mol. The van der Waals surface area contributed by atoms with E-state index in [4.69, 9.17) is 4.98 Å². The van der Waals surface area contributed by atoms with Gasteiger partial charge < -0.3 is 5.32 Å². The smallest absolute Gasteiger partial charge is 0.184 e. The highest BCUT2D eigenvalue weighted by atomic mass is 32.2. The van der Waals surface area contributed by atoms with E-state index in [-0.39, 0.29) is 10.7 Å². The number of sulfone groups is 1. The predicted molar refractivity (Wildman–Crippen MR) is 131 cm³/mol. The Morgan fingerprint density at radius 1 is 0.875 bits per heavy atom. The largest absolute Gasteiger partial charge is 0.357 e. The molecule has 4 rings (SSSR count). The topological polar surface area (TPSA) is 59.1 Å². The van der Waals surface area contributed by atoms with Crippen LogP contribution in [0.5, 0.6) is 0 Å². The number of benzene rings is 3. The van der Waals surface area contributed by atoms with Crippen molar-refractivity contribution in [2.24, 2.45) is 0 Å². The maximum Gasteiger partial charge on any atom is 0.184 e. The zero-order valence-electron chi connectivity index (χ0n) is 18.2. The van der Waals surface area contributed by atoms with Crippen LogP contribution < -0.4 is 5.32 Å². The van der Waals surface area contributed by atoms with E-state index in [1.54, 1.807) is 36.4 Å². The van der Waals surface area contributed by atoms with Gasteiger partial charge in [0.25, 0.3) is 0 Å². The summed E-state index contributed by atoms with van der Waals surface area (Å²) in [6, 6.07) is 22.9. The molecule has 4 aromatic rings. The molecule has 0 fully saturated rings. The molecule has 0 saturated heterocycles. The lowest BCUT2D eigenvalue weighted by molar-refractivity contribution is 0.602. The number of hydrogen-bond donors (Lipinski definition) is 1. The summed E-state index contributed by atoms with van der Waals surface area (Å²) in [7, 11) is -3.27. The van der Waals surface area contributed by atoms with Crippen molar-refractivity contribution in [1.29, 1.82) is 0 Å². The standard InChI is InChI=1S/C23H19FN2O2S2.C2H6/c1-30(27,28)20-13-9-18(10-14-20)22-21(17-7-11-19(24)12-8-17)26-23(29-22)25-15-16-5-3-2-4-6-16;1-2/h2-14H,15H2,1H3,(H,25,26);1-2H3. The molecule has 3 aromatic carbocycles. The van der Waals surface area contributed by atoms with E-state index in [1.807, 2.05) is 44.2 Å². The zero-order chi connectivity index (χ0) is 23.1. The first-order valence-corrected chi connectivity index (χ1v) is 13.0. The first-order chi connectivity index (χ1) is 15.4. The van der Waals surface area contributed by atoms with E-state index >= 15 is 0 Å². The van der Waals surface area contributed by atoms with Crippen LogP contribution in [0, 0.1) is 5.82 Å². The van der Waals surface area contributed by atoms with Crippen LogP contribution in [0.25, 0.3) is 21.7 Å². The third kappa shape index (κ3) is 5.81. The Bertz CT molecular complexity index is 1250. The maximum atomic E-state index is 13.4. The summed E-state index contributed by atoms with van der Waals surface area (Å²) in [6.07, 6.45) is 1.18. The molecule has 1 N–H and O–H groups in total. The SMILES string of the molecule is CC.CS(=O)(=O)c1ccc(-c2sc(NCc3ccccc3)nc2-c2ccc(F)cc2)cc1. The molecule has 0 amide bonds. The number of anilines is 1. The number of rotatable bonds is 6. The molecule has 32 heavy (non-hydrogen) atoms. The molecule has 4 nitrogen and oxygen atoms in total. The second kappa shape index (κ2) is 10.5. The molecule has 1 heterocycles. The van der Waals surface area contributed by atoms with E-state index in [0.717, 1.165) is 32.4 Å². The third-order valence-electron chi connectivity index (χ3n) is 4.58. The lowest BCUT2D eigenvalue weighted by atomic mass is 10.1. The fraction of sp³-hybridized carbons (Fsp3) is 0.160. The van der Waals surface area contributed by atoms with Crippen molar-refractivity contribution in [3.63, 3.8) is 0 Å². The monoisotopic (exact) mass is 468 g/mol. The molecule has 1 aromatic heterocycles. The Morgan fingerprint density at radius 3 is 2.06 bits per heavy atom. The minimum atomic E-state index is -3.27. The zero-order valence-corrected chi connectivity index (χ0v) is 19.8. The minimum absolute atomic E-state index is 0.265. The van der Waals surface area contributed by atoms with E-state index in [0.29, 0.717) is 6.54 Å². The fourth-order valence-electron chi connectivity index (χ4n) is 3.02. The molecule has 0 aliphatic heterocycles. The van der Waals surface area contributed by atoms with Crippen molar-refractivity contribution in [2.45, 2.75) is 25.3 Å². The second-order valence-electron chi connectivity index (χ2n) is 6.84. The summed E-state index contributed by atoms with van der Waals surface area (Å²) in [6.45, 7) is 4.63. The number of halogens is 1. The van der Waals surface area contributed by atoms with Crippen molar-refractivity contribution in [3.8, 4) is 21.7 Å². The van der Waals surface area contributed by atoms with Crippen molar-refractivity contribution in [3.05, 3.63) is 90.2 Å². The lowest BCUT2D eigenvalue weighted by Crippen LogP contribution is -1.98. The number of aromatic nitrogens is 1. The molecule has 0 bridgehead atoms. The van der Waals surface area contributed by atoms with E-state index < -0.39 is 9.84 Å². The van der Waals surface area contributed by atoms with Crippen LogP contribution in [0.1, 0.15) is 19.4 Å². The molecule has 0 aliphatic carbocycles. The molecule has 7 heteroatoms. The van der Waals surface area contributed by atoms with E-state index in [1.165, 1.54) is 29.7 Å². The highest BCUT2D eigenvalue weighted by Crippen LogP contribution is 2.39. The molecule has 0 spiro atoms. The van der Waals surface area contributed by atoms with Crippen molar-refractivity contribution in [2.75, 3.05) is 11.6 Å². The van der Waals surface area contributed by atoms with Gasteiger partial charge in [-0.05, 0) is 47.5 Å². The van der Waals surface area contributed by atoms with Crippen LogP contribution in [0.15, 0.2) is 83.8 Å². The molecule has 0 unspecified atom stereocenters. The summed E-state index contributed by atoms with van der Waals surface area (Å²) in [5, 5.41) is 4.08. The van der Waals surface area contributed by atoms with Gasteiger partial charge in [0.05, 0.1) is 15.5 Å². The summed E-state index contributed by atoms with van der Waals surface area (Å²) in [5.74, 6) is -0.310. The quantitative estimate of drug-likeness (QED) is 0.344. The molecule has 0 saturated carbocycles. The first kappa shape index (κ1) is 23.6. The molecule has 166 valence electrons. The van der Waals surface area contributed by atoms with Gasteiger partial charge >= 0.3 is 0 Å². The van der Waals surface area contributed by atoms with Crippen LogP contribution in [-0.4, -0.2) is 19.7 Å². The summed E-state index contributed by atoms with van der Waals surface area (Å²) in [4.78, 5) is 5.89. The Balaban J connectivity index is 0.00000141. The number of nitrogens with one attached hydrogen (secondary N) is 1. The van der Waals surface area contributed by atoms with Crippen molar-refractivity contribution >= 4 is 26.3 Å². The highest BCUT2D eigenvalue weighted by molar-refractivity contribution is 7.90. The van der Waals surface area contributed by atoms with Gasteiger partial charge in [0, 0.05) is 18.4 Å². The van der Waals surface area contributed by atoms with Gasteiger partial charge in [-0.2, -0.15) is 0 Å². The van der Waals surface area contributed by atoms with Crippen LogP contribution in [0.4, 0.5) is 9.52 Å². The molecule has 0 aliphatic rings. The van der Waals surface area contributed by atoms with E-state index in [2.05, 4.69) is 5.32 Å². The Kier molecular flexibility index (Phi) is 7.77. The average Bonchev–Trinajstić information content (AvgIpc) is 3.24. The first-order valence-electron chi connectivity index (χ1n) is 10.3. The number of nitrogens with zero attached hydrogens (tertiary/aromatic N) is 1. The highest BCUT2D eigenvalue weighted by Gasteiger charge is 2.16. The maximum absolute atomic E-state index is 13.4. The Hall–Kier alpha value is -3.03. The second-order valence-corrected chi connectivity index (χ2v) is 9.85. The minimum Gasteiger partial charge on any atom is -0.357 e. The van der Waals surface area contributed by atoms with Crippen LogP contribution in [0.2, 0.25) is 0 Å². The summed E-state index contributed by atoms with van der Waals surface area (Å²) < 4.78 is 36.9. The Labute approximate surface area is 192 Å². The predicted octanol–water partition coefficient (Wildman–Crippen LogP) is 6.66. The van der Waals surface area contributed by atoms with Gasteiger partial charge in [-0.25, -0.2) is 17.8 Å². The lowest BCUT2D eigenvalue weighted by Gasteiger charge is -2.04. The van der Waals surface area contributed by atoms with Gasteiger partial charge in [0.2, 0.25) is 0 Å². The van der Waals surface area contributed by atoms with E-state index in [9.17, 15) is 12.8 Å². The van der Waals surface area contributed by atoms with Crippen molar-refractivity contribution < 1.29 is 12.8 Å². The van der Waals surface area contributed by atoms with Gasteiger partial charge in [0.15, 0.2) is 15.0 Å². The third-order valence-corrected chi connectivity index (χ3v) is 6.77. The van der Waals surface area contributed by atoms with Gasteiger partial charge in [0.1, 0.15) is 5.82 Å². The molecule has 0 atom stereocenters. The Morgan fingerprint density at radius 2 is 1.47 bits per heavy atom. The fourth-order valence-corrected chi connectivity index (χ4v) is 4.64. The number of thiazole rings is 1. The normalized spacial score (nSPS) is 10.9. The average molecular weight is 469 g/mol. The van der Waals surface area contributed by atoms with Crippen LogP contribution in [0.3, 0.4) is 0 Å². The molecular formula is C25H25FN2O2S2. The molecule has 0 radical (unpaired) electrons. The van der Waals surface area contributed by atoms with Crippen molar-refractivity contribution in [1.82, 2.24) is 4.98 Å². The summed E-state index contributed by atoms with van der Waals surface area (Å²) in [5.41, 5.74) is 3.51. The van der Waals surface area contributed by atoms with Gasteiger partial charge in [-0.15, -0.1) is 0 Å². The number of hydrogen-bond acceptors (Lipinski definition) is 5. The van der Waals surface area contributed by atoms with Gasteiger partial charge in [-0.3, -0.25) is 0 Å². The summed E-state index contributed by atoms with van der Waals surface area (Å²) >= 11 is 1.48.